The van der Waals surface area contributed by atoms with Crippen LogP contribution in [-0.4, -0.2) is 38.0 Å². The van der Waals surface area contributed by atoms with Gasteiger partial charge in [0, 0.05) is 24.3 Å². The number of anilines is 1. The second-order valence-electron chi connectivity index (χ2n) is 3.68. The minimum absolute atomic E-state index is 0.397. The number of rotatable bonds is 5. The molecule has 0 aliphatic carbocycles. The largest absolute Gasteiger partial charge is 0.384 e. The minimum atomic E-state index is -0.397. The molecule has 0 saturated heterocycles. The maximum absolute atomic E-state index is 10.9. The number of carbonyl (C=O) groups is 1. The van der Waals surface area contributed by atoms with Gasteiger partial charge in [-0.3, -0.25) is 4.79 Å². The Morgan fingerprint density at radius 2 is 2.20 bits per heavy atom. The standard InChI is InChI=1S/C11H17N3O/c1-14(2)7-6-13-10-5-3-4-9(8-10)11(12)15/h3-5,8,13H,6-7H2,1-2H3,(H2,12,15). The number of nitrogens with one attached hydrogen (secondary N) is 1. The van der Waals surface area contributed by atoms with E-state index in [1.807, 2.05) is 26.2 Å². The number of hydrogen-bond donors (Lipinski definition) is 2. The quantitative estimate of drug-likeness (QED) is 0.749. The fourth-order valence-electron chi connectivity index (χ4n) is 1.21. The molecule has 0 bridgehead atoms. The van der Waals surface area contributed by atoms with Crippen LogP contribution in [0.1, 0.15) is 10.4 Å². The Morgan fingerprint density at radius 3 is 2.80 bits per heavy atom. The minimum Gasteiger partial charge on any atom is -0.384 e. The summed E-state index contributed by atoms with van der Waals surface area (Å²) >= 11 is 0. The lowest BCUT2D eigenvalue weighted by molar-refractivity contribution is 0.100. The highest BCUT2D eigenvalue weighted by molar-refractivity contribution is 5.93. The Bertz CT molecular complexity index is 336. The molecule has 0 radical (unpaired) electrons. The predicted molar refractivity (Wildman–Crippen MR) is 62.0 cm³/mol. The summed E-state index contributed by atoms with van der Waals surface area (Å²) in [7, 11) is 4.03. The molecule has 15 heavy (non-hydrogen) atoms. The van der Waals surface area contributed by atoms with Gasteiger partial charge in [-0.05, 0) is 32.3 Å². The lowest BCUT2D eigenvalue weighted by atomic mass is 10.2. The summed E-state index contributed by atoms with van der Waals surface area (Å²) in [5.41, 5.74) is 6.64. The zero-order valence-corrected chi connectivity index (χ0v) is 9.16. The molecule has 4 nitrogen and oxygen atoms in total. The molecule has 82 valence electrons. The van der Waals surface area contributed by atoms with Gasteiger partial charge in [-0.2, -0.15) is 0 Å². The summed E-state index contributed by atoms with van der Waals surface area (Å²) in [5.74, 6) is -0.397. The first-order valence-electron chi connectivity index (χ1n) is 4.88. The number of primary amides is 1. The lowest BCUT2D eigenvalue weighted by Gasteiger charge is -2.11. The summed E-state index contributed by atoms with van der Waals surface area (Å²) in [6.07, 6.45) is 0. The van der Waals surface area contributed by atoms with E-state index in [-0.39, 0.29) is 0 Å². The van der Waals surface area contributed by atoms with Crippen molar-refractivity contribution in [2.45, 2.75) is 0 Å². The van der Waals surface area contributed by atoms with Gasteiger partial charge in [0.25, 0.3) is 0 Å². The van der Waals surface area contributed by atoms with E-state index in [0.717, 1.165) is 18.8 Å². The van der Waals surface area contributed by atoms with Crippen LogP contribution in [-0.2, 0) is 0 Å². The first-order valence-corrected chi connectivity index (χ1v) is 4.88. The molecule has 0 aliphatic rings. The van der Waals surface area contributed by atoms with Crippen molar-refractivity contribution in [3.05, 3.63) is 29.8 Å². The van der Waals surface area contributed by atoms with Crippen molar-refractivity contribution < 1.29 is 4.79 Å². The molecule has 3 N–H and O–H groups in total. The van der Waals surface area contributed by atoms with E-state index in [2.05, 4.69) is 10.2 Å². The van der Waals surface area contributed by atoms with Gasteiger partial charge in [0.15, 0.2) is 0 Å². The average Bonchev–Trinajstić information content (AvgIpc) is 2.17. The number of carbonyl (C=O) groups excluding carboxylic acids is 1. The molecule has 0 aliphatic heterocycles. The number of nitrogens with two attached hydrogens (primary N) is 1. The SMILES string of the molecule is CN(C)CCNc1cccc(C(N)=O)c1. The molecule has 0 saturated carbocycles. The molecule has 0 unspecified atom stereocenters. The van der Waals surface area contributed by atoms with Gasteiger partial charge >= 0.3 is 0 Å². The van der Waals surface area contributed by atoms with E-state index < -0.39 is 5.91 Å². The molecule has 0 aromatic heterocycles. The molecule has 1 rings (SSSR count). The maximum Gasteiger partial charge on any atom is 0.248 e. The Hall–Kier alpha value is -1.55. The van der Waals surface area contributed by atoms with Gasteiger partial charge in [0.2, 0.25) is 5.91 Å². The predicted octanol–water partition coefficient (Wildman–Crippen LogP) is 0.759. The van der Waals surface area contributed by atoms with Crippen molar-refractivity contribution in [2.24, 2.45) is 5.73 Å². The molecule has 0 fully saturated rings. The van der Waals surface area contributed by atoms with Crippen molar-refractivity contribution >= 4 is 11.6 Å². The van der Waals surface area contributed by atoms with Crippen LogP contribution in [0, 0.1) is 0 Å². The molecule has 1 aromatic rings. The van der Waals surface area contributed by atoms with Crippen LogP contribution < -0.4 is 11.1 Å². The van der Waals surface area contributed by atoms with Crippen LogP contribution in [0.25, 0.3) is 0 Å². The van der Waals surface area contributed by atoms with Crippen molar-refractivity contribution in [3.8, 4) is 0 Å². The van der Waals surface area contributed by atoms with Crippen molar-refractivity contribution in [2.75, 3.05) is 32.5 Å². The molecular weight excluding hydrogens is 190 g/mol. The third kappa shape index (κ3) is 3.99. The topological polar surface area (TPSA) is 58.4 Å². The number of likely N-dealkylation sites (N-methyl/N-ethyl adjacent to an activating group) is 1. The maximum atomic E-state index is 10.9. The van der Waals surface area contributed by atoms with E-state index in [9.17, 15) is 4.79 Å². The summed E-state index contributed by atoms with van der Waals surface area (Å²) in [6, 6.07) is 7.21. The lowest BCUT2D eigenvalue weighted by Crippen LogP contribution is -2.21. The van der Waals surface area contributed by atoms with Crippen molar-refractivity contribution in [1.82, 2.24) is 4.90 Å². The van der Waals surface area contributed by atoms with Crippen LogP contribution >= 0.6 is 0 Å². The van der Waals surface area contributed by atoms with Gasteiger partial charge in [0.1, 0.15) is 0 Å². The van der Waals surface area contributed by atoms with Crippen LogP contribution in [0.5, 0.6) is 0 Å². The molecular formula is C11H17N3O. The van der Waals surface area contributed by atoms with Crippen LogP contribution in [0.2, 0.25) is 0 Å². The molecule has 0 atom stereocenters. The van der Waals surface area contributed by atoms with Gasteiger partial charge in [-0.25, -0.2) is 0 Å². The Labute approximate surface area is 90.1 Å². The van der Waals surface area contributed by atoms with Crippen molar-refractivity contribution in [1.29, 1.82) is 0 Å². The van der Waals surface area contributed by atoms with Crippen LogP contribution in [0.3, 0.4) is 0 Å². The van der Waals surface area contributed by atoms with Gasteiger partial charge in [0.05, 0.1) is 0 Å². The Morgan fingerprint density at radius 1 is 1.47 bits per heavy atom. The Balaban J connectivity index is 2.54. The number of benzene rings is 1. The third-order valence-electron chi connectivity index (χ3n) is 2.04. The summed E-state index contributed by atoms with van der Waals surface area (Å²) in [6.45, 7) is 1.79. The van der Waals surface area contributed by atoms with E-state index in [1.54, 1.807) is 12.1 Å². The zero-order valence-electron chi connectivity index (χ0n) is 9.16. The normalized spacial score (nSPS) is 10.3. The Kier molecular flexibility index (Phi) is 4.12. The average molecular weight is 207 g/mol. The molecule has 4 heteroatoms. The molecule has 1 aromatic carbocycles. The summed E-state index contributed by atoms with van der Waals surface area (Å²) in [5, 5.41) is 3.22. The molecule has 0 heterocycles. The van der Waals surface area contributed by atoms with E-state index in [4.69, 9.17) is 5.73 Å². The first-order chi connectivity index (χ1) is 7.09. The number of hydrogen-bond acceptors (Lipinski definition) is 3. The van der Waals surface area contributed by atoms with Crippen LogP contribution in [0.4, 0.5) is 5.69 Å². The van der Waals surface area contributed by atoms with E-state index in [0.29, 0.717) is 5.56 Å². The highest BCUT2D eigenvalue weighted by atomic mass is 16.1. The summed E-state index contributed by atoms with van der Waals surface area (Å²) in [4.78, 5) is 13.0. The fraction of sp³-hybridized carbons (Fsp3) is 0.364. The smallest absolute Gasteiger partial charge is 0.248 e. The highest BCUT2D eigenvalue weighted by Crippen LogP contribution is 2.09. The number of nitrogens with zero attached hydrogens (tertiary/aromatic N) is 1. The zero-order chi connectivity index (χ0) is 11.3. The number of amides is 1. The van der Waals surface area contributed by atoms with Crippen LogP contribution in [0.15, 0.2) is 24.3 Å². The van der Waals surface area contributed by atoms with Crippen molar-refractivity contribution in [3.63, 3.8) is 0 Å². The second kappa shape index (κ2) is 5.36. The second-order valence-corrected chi connectivity index (χ2v) is 3.68. The van der Waals surface area contributed by atoms with E-state index >= 15 is 0 Å². The molecule has 1 amide bonds. The van der Waals surface area contributed by atoms with Gasteiger partial charge < -0.3 is 16.0 Å². The molecule has 0 spiro atoms. The van der Waals surface area contributed by atoms with Gasteiger partial charge in [-0.15, -0.1) is 0 Å². The monoisotopic (exact) mass is 207 g/mol. The van der Waals surface area contributed by atoms with Gasteiger partial charge in [-0.1, -0.05) is 6.07 Å². The third-order valence-corrected chi connectivity index (χ3v) is 2.04. The van der Waals surface area contributed by atoms with E-state index in [1.165, 1.54) is 0 Å². The summed E-state index contributed by atoms with van der Waals surface area (Å²) < 4.78 is 0. The fourth-order valence-corrected chi connectivity index (χ4v) is 1.21. The highest BCUT2D eigenvalue weighted by Gasteiger charge is 2.00. The first kappa shape index (κ1) is 11.5.